The molecule has 0 aliphatic heterocycles. The van der Waals surface area contributed by atoms with Gasteiger partial charge < -0.3 is 4.57 Å². The van der Waals surface area contributed by atoms with Crippen LogP contribution in [0.25, 0.3) is 27.8 Å². The zero-order valence-electron chi connectivity index (χ0n) is 15.9. The monoisotopic (exact) mass is 359 g/mol. The Morgan fingerprint density at radius 1 is 0.815 bits per heavy atom. The Morgan fingerprint density at radius 2 is 1.48 bits per heavy atom. The van der Waals surface area contributed by atoms with Crippen molar-refractivity contribution >= 4 is 10.9 Å². The van der Waals surface area contributed by atoms with Crippen LogP contribution in [-0.4, -0.2) is 13.7 Å². The summed E-state index contributed by atoms with van der Waals surface area (Å²) < 4.78 is 4.72. The van der Waals surface area contributed by atoms with Crippen LogP contribution in [0.2, 0.25) is 0 Å². The predicted molar refractivity (Wildman–Crippen MR) is 109 cm³/mol. The third kappa shape index (κ3) is 2.54. The summed E-state index contributed by atoms with van der Waals surface area (Å²) in [6.45, 7) is 4.07. The highest BCUT2D eigenvalue weighted by Crippen LogP contribution is 2.32. The van der Waals surface area contributed by atoms with Crippen LogP contribution in [0.15, 0.2) is 64.3 Å². The number of benzene rings is 2. The van der Waals surface area contributed by atoms with Gasteiger partial charge in [-0.2, -0.15) is 0 Å². The van der Waals surface area contributed by atoms with Gasteiger partial charge in [0.2, 0.25) is 0 Å². The van der Waals surface area contributed by atoms with E-state index in [0.29, 0.717) is 10.9 Å². The molecule has 0 saturated heterocycles. The second kappa shape index (κ2) is 6.13. The SMILES string of the molecule is Cc1ccc(-c2c3c(=O)n(C)c(=O)n(C)c3cn2-c2ccccc2C)cc1. The highest BCUT2D eigenvalue weighted by Gasteiger charge is 2.20. The Kier molecular flexibility index (Phi) is 3.88. The number of para-hydroxylation sites is 1. The Labute approximate surface area is 156 Å². The molecule has 0 aliphatic rings. The highest BCUT2D eigenvalue weighted by molar-refractivity contribution is 5.95. The summed E-state index contributed by atoms with van der Waals surface area (Å²) in [6.07, 6.45) is 1.88. The fourth-order valence-corrected chi connectivity index (χ4v) is 3.56. The maximum Gasteiger partial charge on any atom is 0.330 e. The van der Waals surface area contributed by atoms with Crippen molar-refractivity contribution < 1.29 is 0 Å². The molecule has 0 aliphatic carbocycles. The molecule has 136 valence electrons. The molecule has 0 N–H and O–H groups in total. The van der Waals surface area contributed by atoms with Crippen LogP contribution in [0.3, 0.4) is 0 Å². The Bertz CT molecular complexity index is 1290. The molecule has 0 unspecified atom stereocenters. The van der Waals surface area contributed by atoms with E-state index in [0.717, 1.165) is 28.1 Å². The van der Waals surface area contributed by atoms with E-state index in [2.05, 4.69) is 0 Å². The van der Waals surface area contributed by atoms with E-state index < -0.39 is 0 Å². The molecule has 5 heteroatoms. The van der Waals surface area contributed by atoms with E-state index in [9.17, 15) is 9.59 Å². The van der Waals surface area contributed by atoms with Crippen molar-refractivity contribution in [3.63, 3.8) is 0 Å². The summed E-state index contributed by atoms with van der Waals surface area (Å²) in [5.41, 5.74) is 4.98. The van der Waals surface area contributed by atoms with Crippen LogP contribution in [0.1, 0.15) is 11.1 Å². The minimum atomic E-state index is -0.329. The van der Waals surface area contributed by atoms with Gasteiger partial charge in [-0.25, -0.2) is 4.79 Å². The van der Waals surface area contributed by atoms with Crippen LogP contribution in [0.5, 0.6) is 0 Å². The molecule has 5 nitrogen and oxygen atoms in total. The molecule has 2 aromatic heterocycles. The van der Waals surface area contributed by atoms with Crippen molar-refractivity contribution in [3.8, 4) is 16.9 Å². The highest BCUT2D eigenvalue weighted by atomic mass is 16.2. The number of aryl methyl sites for hydroxylation is 3. The van der Waals surface area contributed by atoms with Gasteiger partial charge in [-0.15, -0.1) is 0 Å². The van der Waals surface area contributed by atoms with Crippen molar-refractivity contribution in [2.75, 3.05) is 0 Å². The van der Waals surface area contributed by atoms with E-state index in [1.54, 1.807) is 7.05 Å². The van der Waals surface area contributed by atoms with Gasteiger partial charge in [-0.05, 0) is 31.0 Å². The topological polar surface area (TPSA) is 48.9 Å². The summed E-state index contributed by atoms with van der Waals surface area (Å²) in [6, 6.07) is 16.1. The maximum absolute atomic E-state index is 13.0. The zero-order chi connectivity index (χ0) is 19.3. The molecule has 0 bridgehead atoms. The minimum absolute atomic E-state index is 0.281. The molecule has 0 saturated carbocycles. The van der Waals surface area contributed by atoms with Crippen molar-refractivity contribution in [2.24, 2.45) is 14.1 Å². The second-order valence-electron chi connectivity index (χ2n) is 6.97. The largest absolute Gasteiger partial charge is 0.330 e. The lowest BCUT2D eigenvalue weighted by Gasteiger charge is -2.12. The van der Waals surface area contributed by atoms with Gasteiger partial charge in [0, 0.05) is 26.0 Å². The number of fused-ring (bicyclic) bond motifs is 1. The Balaban J connectivity index is 2.23. The van der Waals surface area contributed by atoms with Crippen LogP contribution in [0.4, 0.5) is 0 Å². The van der Waals surface area contributed by atoms with Gasteiger partial charge in [-0.1, -0.05) is 48.0 Å². The standard InChI is InChI=1S/C22H21N3O2/c1-14-9-11-16(12-10-14)20-19-18(23(3)22(27)24(4)21(19)26)13-25(20)17-8-6-5-7-15(17)2/h5-13H,1-4H3. The average Bonchev–Trinajstić information content (AvgIpc) is 3.06. The Morgan fingerprint density at radius 3 is 2.15 bits per heavy atom. The minimum Gasteiger partial charge on any atom is -0.313 e. The Hall–Kier alpha value is -3.34. The van der Waals surface area contributed by atoms with Crippen molar-refractivity contribution in [2.45, 2.75) is 13.8 Å². The van der Waals surface area contributed by atoms with Crippen molar-refractivity contribution in [1.29, 1.82) is 0 Å². The molecule has 4 aromatic rings. The van der Waals surface area contributed by atoms with Gasteiger partial charge in [0.1, 0.15) is 0 Å². The molecule has 0 amide bonds. The first-order valence-electron chi connectivity index (χ1n) is 8.84. The van der Waals surface area contributed by atoms with E-state index in [1.807, 2.05) is 73.1 Å². The van der Waals surface area contributed by atoms with E-state index in [1.165, 1.54) is 16.2 Å². The predicted octanol–water partition coefficient (Wildman–Crippen LogP) is 3.31. The first-order valence-corrected chi connectivity index (χ1v) is 8.84. The molecule has 0 atom stereocenters. The molecule has 2 heterocycles. The fraction of sp³-hybridized carbons (Fsp3) is 0.182. The molecular formula is C22H21N3O2. The van der Waals surface area contributed by atoms with E-state index in [-0.39, 0.29) is 11.2 Å². The number of nitrogens with zero attached hydrogens (tertiary/aromatic N) is 3. The summed E-state index contributed by atoms with van der Waals surface area (Å²) >= 11 is 0. The number of aromatic nitrogens is 3. The summed E-state index contributed by atoms with van der Waals surface area (Å²) in [5.74, 6) is 0. The lowest BCUT2D eigenvalue weighted by atomic mass is 10.1. The summed E-state index contributed by atoms with van der Waals surface area (Å²) in [7, 11) is 3.22. The number of rotatable bonds is 2. The van der Waals surface area contributed by atoms with Crippen LogP contribution < -0.4 is 11.2 Å². The lowest BCUT2D eigenvalue weighted by Crippen LogP contribution is -2.36. The summed E-state index contributed by atoms with van der Waals surface area (Å²) in [5, 5.41) is 0.548. The third-order valence-corrected chi connectivity index (χ3v) is 5.14. The van der Waals surface area contributed by atoms with Crippen LogP contribution >= 0.6 is 0 Å². The first-order chi connectivity index (χ1) is 12.9. The smallest absolute Gasteiger partial charge is 0.313 e. The van der Waals surface area contributed by atoms with Crippen LogP contribution in [0, 0.1) is 13.8 Å². The van der Waals surface area contributed by atoms with Gasteiger partial charge in [-0.3, -0.25) is 13.9 Å². The maximum atomic E-state index is 13.0. The normalized spacial score (nSPS) is 11.3. The third-order valence-electron chi connectivity index (χ3n) is 5.14. The van der Waals surface area contributed by atoms with Crippen molar-refractivity contribution in [1.82, 2.24) is 13.7 Å². The molecular weight excluding hydrogens is 338 g/mol. The average molecular weight is 359 g/mol. The first kappa shape index (κ1) is 17.1. The molecule has 0 radical (unpaired) electrons. The van der Waals surface area contributed by atoms with E-state index in [4.69, 9.17) is 0 Å². The van der Waals surface area contributed by atoms with Gasteiger partial charge in [0.05, 0.1) is 16.6 Å². The lowest BCUT2D eigenvalue weighted by molar-refractivity contribution is 0.714. The van der Waals surface area contributed by atoms with Crippen LogP contribution in [-0.2, 0) is 14.1 Å². The summed E-state index contributed by atoms with van der Waals surface area (Å²) in [4.78, 5) is 25.5. The van der Waals surface area contributed by atoms with Gasteiger partial charge in [0.25, 0.3) is 5.56 Å². The zero-order valence-corrected chi connectivity index (χ0v) is 15.9. The number of hydrogen-bond donors (Lipinski definition) is 0. The van der Waals surface area contributed by atoms with Gasteiger partial charge >= 0.3 is 5.69 Å². The molecule has 0 fully saturated rings. The molecule has 27 heavy (non-hydrogen) atoms. The molecule has 4 rings (SSSR count). The molecule has 0 spiro atoms. The number of hydrogen-bond acceptors (Lipinski definition) is 2. The molecule has 2 aromatic carbocycles. The van der Waals surface area contributed by atoms with Crippen molar-refractivity contribution in [3.05, 3.63) is 86.7 Å². The van der Waals surface area contributed by atoms with Gasteiger partial charge in [0.15, 0.2) is 0 Å². The quantitative estimate of drug-likeness (QED) is 0.551. The van der Waals surface area contributed by atoms with E-state index >= 15 is 0 Å². The second-order valence-corrected chi connectivity index (χ2v) is 6.97. The fourth-order valence-electron chi connectivity index (χ4n) is 3.56.